The van der Waals surface area contributed by atoms with E-state index in [1.54, 1.807) is 24.3 Å². The number of nitro groups is 1. The first-order valence-electron chi connectivity index (χ1n) is 7.52. The van der Waals surface area contributed by atoms with Crippen molar-refractivity contribution in [1.82, 2.24) is 10.6 Å². The third-order valence-corrected chi connectivity index (χ3v) is 3.66. The number of rotatable bonds is 7. The fourth-order valence-corrected chi connectivity index (χ4v) is 2.36. The molecule has 0 unspecified atom stereocenters. The quantitative estimate of drug-likeness (QED) is 0.568. The van der Waals surface area contributed by atoms with Gasteiger partial charge in [0, 0.05) is 23.2 Å². The van der Waals surface area contributed by atoms with Gasteiger partial charge in [0.1, 0.15) is 0 Å². The van der Waals surface area contributed by atoms with E-state index >= 15 is 0 Å². The second kappa shape index (κ2) is 8.82. The van der Waals surface area contributed by atoms with Crippen LogP contribution in [0.3, 0.4) is 0 Å². The average Bonchev–Trinajstić information content (AvgIpc) is 2.63. The molecule has 0 spiro atoms. The first-order valence-corrected chi connectivity index (χ1v) is 7.90. The van der Waals surface area contributed by atoms with Crippen LogP contribution in [0.1, 0.15) is 15.9 Å². The van der Waals surface area contributed by atoms with Crippen molar-refractivity contribution in [3.63, 3.8) is 0 Å². The summed E-state index contributed by atoms with van der Waals surface area (Å²) in [5.74, 6) is -0.958. The molecule has 2 aromatic rings. The van der Waals surface area contributed by atoms with Crippen molar-refractivity contribution < 1.29 is 19.2 Å². The van der Waals surface area contributed by atoms with Crippen LogP contribution >= 0.6 is 11.6 Å². The van der Waals surface area contributed by atoms with Crippen LogP contribution in [0.4, 0.5) is 5.69 Å². The van der Waals surface area contributed by atoms with Crippen LogP contribution in [0.15, 0.2) is 42.5 Å². The maximum Gasteiger partial charge on any atom is 0.311 e. The second-order valence-corrected chi connectivity index (χ2v) is 5.67. The van der Waals surface area contributed by atoms with Gasteiger partial charge in [-0.25, -0.2) is 0 Å². The van der Waals surface area contributed by atoms with E-state index in [4.69, 9.17) is 16.3 Å². The van der Waals surface area contributed by atoms with Crippen molar-refractivity contribution in [3.8, 4) is 5.75 Å². The molecule has 0 aliphatic rings. The summed E-state index contributed by atoms with van der Waals surface area (Å²) in [6.45, 7) is 0.00248. The van der Waals surface area contributed by atoms with Crippen molar-refractivity contribution >= 4 is 29.1 Å². The van der Waals surface area contributed by atoms with Gasteiger partial charge >= 0.3 is 5.69 Å². The number of amides is 2. The number of nitrogens with one attached hydrogen (secondary N) is 2. The number of nitro benzene ring substituents is 1. The number of benzene rings is 2. The van der Waals surface area contributed by atoms with Gasteiger partial charge in [0.05, 0.1) is 18.6 Å². The van der Waals surface area contributed by atoms with Crippen LogP contribution < -0.4 is 15.4 Å². The smallest absolute Gasteiger partial charge is 0.311 e. The lowest BCUT2D eigenvalue weighted by molar-refractivity contribution is -0.385. The highest BCUT2D eigenvalue weighted by Gasteiger charge is 2.18. The van der Waals surface area contributed by atoms with E-state index in [9.17, 15) is 19.7 Å². The highest BCUT2D eigenvalue weighted by molar-refractivity contribution is 6.30. The van der Waals surface area contributed by atoms with Crippen LogP contribution in [0, 0.1) is 10.1 Å². The zero-order chi connectivity index (χ0) is 19.1. The third-order valence-electron chi connectivity index (χ3n) is 3.43. The average molecular weight is 378 g/mol. The van der Waals surface area contributed by atoms with Crippen molar-refractivity contribution in [2.75, 3.05) is 13.7 Å². The Morgan fingerprint density at radius 2 is 1.96 bits per heavy atom. The Labute approximate surface area is 154 Å². The molecule has 0 bridgehead atoms. The number of hydrogen-bond acceptors (Lipinski definition) is 5. The predicted octanol–water partition coefficient (Wildman–Crippen LogP) is 2.30. The van der Waals surface area contributed by atoms with Gasteiger partial charge in [-0.3, -0.25) is 19.7 Å². The van der Waals surface area contributed by atoms with Crippen LogP contribution in [-0.2, 0) is 11.3 Å². The van der Waals surface area contributed by atoms with Crippen molar-refractivity contribution in [1.29, 1.82) is 0 Å². The van der Waals surface area contributed by atoms with E-state index in [0.717, 1.165) is 11.6 Å². The van der Waals surface area contributed by atoms with Gasteiger partial charge in [0.15, 0.2) is 5.75 Å². The molecule has 0 saturated carbocycles. The largest absolute Gasteiger partial charge is 0.490 e. The molecule has 26 heavy (non-hydrogen) atoms. The number of carbonyl (C=O) groups excluding carboxylic acids is 2. The molecule has 2 N–H and O–H groups in total. The Balaban J connectivity index is 1.90. The summed E-state index contributed by atoms with van der Waals surface area (Å²) >= 11 is 5.86. The zero-order valence-electron chi connectivity index (χ0n) is 13.8. The lowest BCUT2D eigenvalue weighted by atomic mass is 10.1. The second-order valence-electron chi connectivity index (χ2n) is 5.23. The van der Waals surface area contributed by atoms with Crippen LogP contribution in [0.5, 0.6) is 5.75 Å². The molecule has 136 valence electrons. The molecule has 0 aliphatic carbocycles. The monoisotopic (exact) mass is 377 g/mol. The Bertz CT molecular complexity index is 841. The maximum atomic E-state index is 12.1. The fraction of sp³-hybridized carbons (Fsp3) is 0.176. The minimum atomic E-state index is -0.646. The van der Waals surface area contributed by atoms with Crippen molar-refractivity contribution in [2.24, 2.45) is 0 Å². The van der Waals surface area contributed by atoms with Gasteiger partial charge < -0.3 is 15.4 Å². The highest BCUT2D eigenvalue weighted by Crippen LogP contribution is 2.27. The van der Waals surface area contributed by atoms with Gasteiger partial charge in [0.2, 0.25) is 5.91 Å². The summed E-state index contributed by atoms with van der Waals surface area (Å²) < 4.78 is 4.88. The topological polar surface area (TPSA) is 111 Å². The maximum absolute atomic E-state index is 12.1. The molecule has 0 fully saturated rings. The molecule has 8 nitrogen and oxygen atoms in total. The first kappa shape index (κ1) is 19.2. The van der Waals surface area contributed by atoms with E-state index in [1.807, 2.05) is 0 Å². The SMILES string of the molecule is COc1ccc(C(=O)NCC(=O)NCc2cccc(Cl)c2)cc1[N+](=O)[O-]. The summed E-state index contributed by atoms with van der Waals surface area (Å²) in [5.41, 5.74) is 0.550. The zero-order valence-corrected chi connectivity index (χ0v) is 14.6. The fourth-order valence-electron chi connectivity index (χ4n) is 2.15. The van der Waals surface area contributed by atoms with E-state index in [0.29, 0.717) is 5.02 Å². The van der Waals surface area contributed by atoms with Crippen LogP contribution in [0.25, 0.3) is 0 Å². The number of nitrogens with zero attached hydrogens (tertiary/aromatic N) is 1. The summed E-state index contributed by atoms with van der Waals surface area (Å²) in [5, 5.41) is 16.6. The van der Waals surface area contributed by atoms with E-state index in [-0.39, 0.29) is 30.1 Å². The molecule has 0 radical (unpaired) electrons. The van der Waals surface area contributed by atoms with Crippen molar-refractivity contribution in [3.05, 3.63) is 68.7 Å². The summed E-state index contributed by atoms with van der Waals surface area (Å²) in [7, 11) is 1.30. The molecule has 0 atom stereocenters. The molecule has 2 amide bonds. The first-order chi connectivity index (χ1) is 12.4. The van der Waals surface area contributed by atoms with Crippen molar-refractivity contribution in [2.45, 2.75) is 6.54 Å². The van der Waals surface area contributed by atoms with Gasteiger partial charge in [-0.1, -0.05) is 23.7 Å². The normalized spacial score (nSPS) is 10.1. The molecule has 9 heteroatoms. The molecule has 0 heterocycles. The third kappa shape index (κ3) is 5.18. The van der Waals surface area contributed by atoms with Crippen LogP contribution in [-0.4, -0.2) is 30.4 Å². The Morgan fingerprint density at radius 1 is 1.19 bits per heavy atom. The standard InChI is InChI=1S/C17H16ClN3O5/c1-26-15-6-5-12(8-14(15)21(24)25)17(23)20-10-16(22)19-9-11-3-2-4-13(18)7-11/h2-8H,9-10H2,1H3,(H,19,22)(H,20,23). The number of carbonyl (C=O) groups is 2. The summed E-state index contributed by atoms with van der Waals surface area (Å²) in [6.07, 6.45) is 0. The molecular weight excluding hydrogens is 362 g/mol. The van der Waals surface area contributed by atoms with E-state index in [2.05, 4.69) is 10.6 Å². The lowest BCUT2D eigenvalue weighted by Crippen LogP contribution is -2.36. The summed E-state index contributed by atoms with van der Waals surface area (Å²) in [4.78, 5) is 34.2. The van der Waals surface area contributed by atoms with Crippen LogP contribution in [0.2, 0.25) is 5.02 Å². The lowest BCUT2D eigenvalue weighted by Gasteiger charge is -2.08. The van der Waals surface area contributed by atoms with Gasteiger partial charge in [0.25, 0.3) is 5.91 Å². The Kier molecular flexibility index (Phi) is 6.51. The van der Waals surface area contributed by atoms with Gasteiger partial charge in [-0.2, -0.15) is 0 Å². The molecular formula is C17H16ClN3O5. The highest BCUT2D eigenvalue weighted by atomic mass is 35.5. The van der Waals surface area contributed by atoms with E-state index in [1.165, 1.54) is 19.2 Å². The minimum Gasteiger partial charge on any atom is -0.490 e. The molecule has 0 saturated heterocycles. The molecule has 0 aliphatic heterocycles. The Morgan fingerprint density at radius 3 is 2.62 bits per heavy atom. The minimum absolute atomic E-state index is 0.0471. The number of hydrogen-bond donors (Lipinski definition) is 2. The van der Waals surface area contributed by atoms with E-state index < -0.39 is 16.7 Å². The predicted molar refractivity (Wildman–Crippen MR) is 95.3 cm³/mol. The Hall–Kier alpha value is -3.13. The van der Waals surface area contributed by atoms with Gasteiger partial charge in [-0.05, 0) is 29.8 Å². The molecule has 2 aromatic carbocycles. The molecule has 2 rings (SSSR count). The number of methoxy groups -OCH3 is 1. The molecule has 0 aromatic heterocycles. The number of halogens is 1. The summed E-state index contributed by atoms with van der Waals surface area (Å²) in [6, 6.07) is 10.8. The number of ether oxygens (including phenoxy) is 1. The van der Waals surface area contributed by atoms with Gasteiger partial charge in [-0.15, -0.1) is 0 Å².